The molecule has 0 aliphatic heterocycles. The minimum atomic E-state index is -5.67. The van der Waals surface area contributed by atoms with Crippen LogP contribution >= 0.6 is 0 Å². The van der Waals surface area contributed by atoms with Gasteiger partial charge in [-0.15, -0.1) is 0 Å². The number of hydrogen-bond donors (Lipinski definition) is 1. The molecular weight excluding hydrogens is 250 g/mol. The van der Waals surface area contributed by atoms with Crippen molar-refractivity contribution < 1.29 is 31.4 Å². The monoisotopic (exact) mass is 262 g/mol. The smallest absolute Gasteiger partial charge is 0.374 e. The van der Waals surface area contributed by atoms with Crippen molar-refractivity contribution >= 4 is 0 Å². The lowest BCUT2D eigenvalue weighted by molar-refractivity contribution is -0.376. The lowest BCUT2D eigenvalue weighted by Crippen LogP contribution is -2.60. The van der Waals surface area contributed by atoms with Crippen LogP contribution in [0.5, 0.6) is 0 Å². The average molecular weight is 262 g/mol. The molecular formula is C10H12F6O. The summed E-state index contributed by atoms with van der Waals surface area (Å²) < 4.78 is 74.4. The fraction of sp³-hybridized carbons (Fsp3) is 1.00. The first-order valence-electron chi connectivity index (χ1n) is 5.42. The predicted octanol–water partition coefficient (Wildman–Crippen LogP) is 3.28. The number of rotatable bonds is 2. The molecule has 1 N–H and O–H groups in total. The molecule has 0 radical (unpaired) electrons. The Balaban J connectivity index is 2.11. The minimum Gasteiger partial charge on any atom is -0.374 e. The van der Waals surface area contributed by atoms with E-state index in [0.29, 0.717) is 12.8 Å². The first-order valence-corrected chi connectivity index (χ1v) is 5.42. The van der Waals surface area contributed by atoms with Crippen LogP contribution in [0.1, 0.15) is 25.7 Å². The maximum atomic E-state index is 12.4. The third-order valence-corrected chi connectivity index (χ3v) is 4.18. The van der Waals surface area contributed by atoms with E-state index in [1.54, 1.807) is 0 Å². The number of fused-ring (bicyclic) bond motifs is 1. The Morgan fingerprint density at radius 3 is 1.71 bits per heavy atom. The lowest BCUT2D eigenvalue weighted by atomic mass is 9.51. The molecule has 0 amide bonds. The summed E-state index contributed by atoms with van der Waals surface area (Å²) in [5.41, 5.74) is -4.55. The molecule has 0 aromatic rings. The van der Waals surface area contributed by atoms with E-state index in [9.17, 15) is 26.3 Å². The van der Waals surface area contributed by atoms with Crippen LogP contribution in [0.15, 0.2) is 0 Å². The molecule has 0 spiro atoms. The van der Waals surface area contributed by atoms with E-state index < -0.39 is 30.3 Å². The number of halogens is 6. The Kier molecular flexibility index (Phi) is 2.69. The highest BCUT2D eigenvalue weighted by Crippen LogP contribution is 2.59. The van der Waals surface area contributed by atoms with Gasteiger partial charge in [0.05, 0.1) is 0 Å². The molecule has 0 aromatic heterocycles. The quantitative estimate of drug-likeness (QED) is 0.757. The highest BCUT2D eigenvalue weighted by atomic mass is 19.4. The maximum Gasteiger partial charge on any atom is 0.426 e. The number of hydrogen-bond acceptors (Lipinski definition) is 1. The maximum absolute atomic E-state index is 12.4. The zero-order valence-corrected chi connectivity index (χ0v) is 8.78. The molecule has 2 rings (SSSR count). The lowest BCUT2D eigenvalue weighted by Gasteiger charge is -2.55. The summed E-state index contributed by atoms with van der Waals surface area (Å²) >= 11 is 0. The summed E-state index contributed by atoms with van der Waals surface area (Å²) in [6.45, 7) is 0. The van der Waals surface area contributed by atoms with Crippen molar-refractivity contribution in [3.8, 4) is 0 Å². The van der Waals surface area contributed by atoms with Crippen LogP contribution in [-0.2, 0) is 0 Å². The van der Waals surface area contributed by atoms with Gasteiger partial charge in [0.15, 0.2) is 0 Å². The Morgan fingerprint density at radius 1 is 0.941 bits per heavy atom. The van der Waals surface area contributed by atoms with Gasteiger partial charge in [0.1, 0.15) is 0 Å². The Bertz CT molecular complexity index is 293. The molecule has 3 unspecified atom stereocenters. The molecule has 2 aliphatic rings. The molecule has 2 saturated carbocycles. The fourth-order valence-corrected chi connectivity index (χ4v) is 2.88. The minimum absolute atomic E-state index is 0.0498. The first kappa shape index (κ1) is 13.0. The van der Waals surface area contributed by atoms with Gasteiger partial charge in [0.25, 0.3) is 5.60 Å². The molecule has 3 atom stereocenters. The number of aliphatic hydroxyl groups is 1. The standard InChI is InChI=1S/C10H12F6O/c11-9(12,13)8(17,10(14,15)16)4-6-3-5-1-2-7(5)6/h5-7,17H,1-4H2. The van der Waals surface area contributed by atoms with Gasteiger partial charge in [-0.3, -0.25) is 0 Å². The van der Waals surface area contributed by atoms with Gasteiger partial charge >= 0.3 is 12.4 Å². The van der Waals surface area contributed by atoms with Crippen LogP contribution in [0.25, 0.3) is 0 Å². The van der Waals surface area contributed by atoms with E-state index in [0.717, 1.165) is 6.42 Å². The van der Waals surface area contributed by atoms with Crippen LogP contribution < -0.4 is 0 Å². The summed E-state index contributed by atoms with van der Waals surface area (Å²) in [4.78, 5) is 0. The summed E-state index contributed by atoms with van der Waals surface area (Å²) in [5, 5.41) is 9.00. The van der Waals surface area contributed by atoms with Crippen LogP contribution in [-0.4, -0.2) is 23.1 Å². The zero-order valence-electron chi connectivity index (χ0n) is 8.78. The fourth-order valence-electron chi connectivity index (χ4n) is 2.88. The summed E-state index contributed by atoms with van der Waals surface area (Å²) in [5.74, 6) is -0.418. The molecule has 1 nitrogen and oxygen atoms in total. The first-order chi connectivity index (χ1) is 7.56. The highest BCUT2D eigenvalue weighted by molar-refractivity contribution is 5.03. The third-order valence-electron chi connectivity index (χ3n) is 4.18. The SMILES string of the molecule is OC(CC1CC2CCC21)(C(F)(F)F)C(F)(F)F. The Morgan fingerprint density at radius 2 is 1.47 bits per heavy atom. The molecule has 2 aliphatic carbocycles. The van der Waals surface area contributed by atoms with Crippen molar-refractivity contribution in [2.75, 3.05) is 0 Å². The van der Waals surface area contributed by atoms with E-state index in [4.69, 9.17) is 5.11 Å². The summed E-state index contributed by atoms with van der Waals surface area (Å²) in [6.07, 6.45) is -10.6. The van der Waals surface area contributed by atoms with E-state index in [1.807, 2.05) is 0 Å². The van der Waals surface area contributed by atoms with E-state index >= 15 is 0 Å². The van der Waals surface area contributed by atoms with Gasteiger partial charge in [0.2, 0.25) is 0 Å². The molecule has 0 heterocycles. The highest BCUT2D eigenvalue weighted by Gasteiger charge is 2.71. The summed E-state index contributed by atoms with van der Waals surface area (Å²) in [6, 6.07) is 0. The van der Waals surface area contributed by atoms with E-state index in [1.165, 1.54) is 0 Å². The van der Waals surface area contributed by atoms with Crippen molar-refractivity contribution in [3.63, 3.8) is 0 Å². The van der Waals surface area contributed by atoms with Gasteiger partial charge in [-0.1, -0.05) is 0 Å². The molecule has 0 bridgehead atoms. The van der Waals surface area contributed by atoms with Crippen molar-refractivity contribution in [1.82, 2.24) is 0 Å². The second-order valence-electron chi connectivity index (χ2n) is 5.06. The second kappa shape index (κ2) is 3.52. The van der Waals surface area contributed by atoms with Crippen LogP contribution in [0.4, 0.5) is 26.3 Å². The zero-order chi connectivity index (χ0) is 13.1. The van der Waals surface area contributed by atoms with Gasteiger partial charge in [0, 0.05) is 0 Å². The van der Waals surface area contributed by atoms with Crippen molar-refractivity contribution in [3.05, 3.63) is 0 Å². The number of alkyl halides is 6. The molecule has 17 heavy (non-hydrogen) atoms. The second-order valence-corrected chi connectivity index (χ2v) is 5.06. The third kappa shape index (κ3) is 1.82. The van der Waals surface area contributed by atoms with Crippen LogP contribution in [0.3, 0.4) is 0 Å². The molecule has 0 saturated heterocycles. The van der Waals surface area contributed by atoms with Crippen molar-refractivity contribution in [2.45, 2.75) is 43.6 Å². The van der Waals surface area contributed by atoms with E-state index in [-0.39, 0.29) is 11.8 Å². The van der Waals surface area contributed by atoms with Crippen LogP contribution in [0, 0.1) is 17.8 Å². The largest absolute Gasteiger partial charge is 0.426 e. The molecule has 0 aromatic carbocycles. The van der Waals surface area contributed by atoms with Crippen LogP contribution in [0.2, 0.25) is 0 Å². The summed E-state index contributed by atoms with van der Waals surface area (Å²) in [7, 11) is 0. The normalized spacial score (nSPS) is 33.7. The van der Waals surface area contributed by atoms with Gasteiger partial charge in [-0.2, -0.15) is 26.3 Å². The molecule has 7 heteroatoms. The van der Waals surface area contributed by atoms with Crippen molar-refractivity contribution in [1.29, 1.82) is 0 Å². The topological polar surface area (TPSA) is 20.2 Å². The van der Waals surface area contributed by atoms with Crippen molar-refractivity contribution in [2.24, 2.45) is 17.8 Å². The Hall–Kier alpha value is -0.460. The molecule has 100 valence electrons. The Labute approximate surface area is 93.8 Å². The average Bonchev–Trinajstić information content (AvgIpc) is 2.08. The van der Waals surface area contributed by atoms with Gasteiger partial charge in [-0.05, 0) is 43.4 Å². The van der Waals surface area contributed by atoms with E-state index in [2.05, 4.69) is 0 Å². The van der Waals surface area contributed by atoms with Gasteiger partial charge < -0.3 is 5.11 Å². The molecule has 2 fully saturated rings. The van der Waals surface area contributed by atoms with Gasteiger partial charge in [-0.25, -0.2) is 0 Å². The predicted molar refractivity (Wildman–Crippen MR) is 46.0 cm³/mol.